The molecule has 0 spiro atoms. The molecule has 0 aliphatic carbocycles. The molecule has 2 aliphatic rings. The number of carbonyl (C=O) groups is 2. The number of alkyl halides is 8. The lowest BCUT2D eigenvalue weighted by atomic mass is 10.0. The van der Waals surface area contributed by atoms with Gasteiger partial charge in [0.2, 0.25) is 11.8 Å². The summed E-state index contributed by atoms with van der Waals surface area (Å²) in [4.78, 5) is 44.0. The fraction of sp³-hybridized carbons (Fsp3) is 0.524. The Balaban J connectivity index is 0.000000557. The Morgan fingerprint density at radius 1 is 0.586 bits per heavy atom. The third-order valence-corrected chi connectivity index (χ3v) is 9.49. The average molecular weight is 827 g/mol. The molecule has 0 radical (unpaired) electrons. The topological polar surface area (TPSA) is 98.0 Å². The van der Waals surface area contributed by atoms with Crippen LogP contribution in [0.4, 0.5) is 35.1 Å². The highest BCUT2D eigenvalue weighted by molar-refractivity contribution is 5.77. The first-order valence-electron chi connectivity index (χ1n) is 19.8. The third-order valence-electron chi connectivity index (χ3n) is 9.49. The number of amides is 2. The molecule has 8 nitrogen and oxygen atoms in total. The van der Waals surface area contributed by atoms with Crippen LogP contribution >= 0.6 is 0 Å². The number of rotatable bonds is 9. The monoisotopic (exact) mass is 826 g/mol. The van der Waals surface area contributed by atoms with Crippen molar-refractivity contribution in [3.05, 3.63) is 72.6 Å². The van der Waals surface area contributed by atoms with Crippen molar-refractivity contribution in [2.45, 2.75) is 117 Å². The molecule has 0 saturated carbocycles. The molecule has 2 aliphatic heterocycles. The summed E-state index contributed by atoms with van der Waals surface area (Å²) in [5, 5.41) is 0. The van der Waals surface area contributed by atoms with E-state index in [-0.39, 0.29) is 11.8 Å². The first kappa shape index (κ1) is 47.6. The van der Waals surface area contributed by atoms with Gasteiger partial charge in [0, 0.05) is 64.7 Å². The number of aryl methyl sites for hydroxylation is 2. The van der Waals surface area contributed by atoms with Crippen molar-refractivity contribution in [1.29, 1.82) is 0 Å². The molecule has 4 aromatic rings. The Bertz CT molecular complexity index is 1660. The second-order valence-corrected chi connectivity index (χ2v) is 13.7. The maximum atomic E-state index is 13.4. The van der Waals surface area contributed by atoms with Crippen molar-refractivity contribution in [2.24, 2.45) is 0 Å². The van der Waals surface area contributed by atoms with Gasteiger partial charge in [-0.1, -0.05) is 76.2 Å². The van der Waals surface area contributed by atoms with Crippen LogP contribution in [0.2, 0.25) is 0 Å². The van der Waals surface area contributed by atoms with Crippen LogP contribution in [-0.2, 0) is 22.4 Å². The molecule has 2 amide bonds. The molecule has 2 aromatic carbocycles. The Labute approximate surface area is 334 Å². The van der Waals surface area contributed by atoms with Gasteiger partial charge in [-0.2, -0.15) is 26.3 Å². The van der Waals surface area contributed by atoms with E-state index in [1.807, 2.05) is 13.8 Å². The summed E-state index contributed by atoms with van der Waals surface area (Å²) in [5.41, 5.74) is 5.99. The zero-order chi connectivity index (χ0) is 42.9. The van der Waals surface area contributed by atoms with Crippen LogP contribution in [0.1, 0.15) is 90.7 Å². The van der Waals surface area contributed by atoms with E-state index in [2.05, 4.69) is 68.5 Å². The summed E-state index contributed by atoms with van der Waals surface area (Å²) in [5.74, 6) is 1.63. The standard InChI is InChI=1S/C34H38F2N6O2.2C3H5F3.C2H6/c35-27-13-17-41(18-14-27)33(43)11-9-31-37-21-29(39-31)25-5-1-23(2-6-25)24-3-7-26(8-4-24)30-22-38-32(40-30)10-12-34(44)42-19-15-28(36)16-20-42;2*1-2-3(4,5)6;1-2/h1-8,21-22,27-28H,9-20H2,(H,37,39)(H,38,40);2*2H2,1H3;1-2H3. The van der Waals surface area contributed by atoms with Gasteiger partial charge in [0.1, 0.15) is 24.0 Å². The van der Waals surface area contributed by atoms with Gasteiger partial charge in [0.15, 0.2) is 0 Å². The molecule has 0 bridgehead atoms. The molecule has 4 heterocycles. The summed E-state index contributed by atoms with van der Waals surface area (Å²) in [6.07, 6.45) is -3.89. The Morgan fingerprint density at radius 2 is 0.862 bits per heavy atom. The average Bonchev–Trinajstić information content (AvgIpc) is 3.91. The van der Waals surface area contributed by atoms with Gasteiger partial charge in [-0.05, 0) is 47.9 Å². The number of halogens is 8. The minimum absolute atomic E-state index is 0.0530. The maximum absolute atomic E-state index is 13.4. The highest BCUT2D eigenvalue weighted by Gasteiger charge is 2.25. The number of hydrogen-bond donors (Lipinski definition) is 2. The second-order valence-electron chi connectivity index (χ2n) is 13.7. The van der Waals surface area contributed by atoms with Gasteiger partial charge < -0.3 is 19.8 Å². The lowest BCUT2D eigenvalue weighted by molar-refractivity contribution is -0.133. The van der Waals surface area contributed by atoms with E-state index in [1.165, 1.54) is 0 Å². The number of carbonyl (C=O) groups excluding carboxylic acids is 2. The minimum atomic E-state index is -3.96. The fourth-order valence-corrected chi connectivity index (χ4v) is 5.92. The van der Waals surface area contributed by atoms with E-state index in [4.69, 9.17) is 0 Å². The van der Waals surface area contributed by atoms with E-state index in [0.717, 1.165) is 59.1 Å². The highest BCUT2D eigenvalue weighted by atomic mass is 19.4. The number of piperidine rings is 2. The van der Waals surface area contributed by atoms with Gasteiger partial charge in [-0.25, -0.2) is 18.7 Å². The molecular weight excluding hydrogens is 772 g/mol. The van der Waals surface area contributed by atoms with E-state index in [9.17, 15) is 44.7 Å². The quantitative estimate of drug-likeness (QED) is 0.164. The van der Waals surface area contributed by atoms with Gasteiger partial charge >= 0.3 is 12.4 Å². The lowest BCUT2D eigenvalue weighted by Gasteiger charge is -2.28. The summed E-state index contributed by atoms with van der Waals surface area (Å²) in [6.45, 7) is 8.15. The number of likely N-dealkylation sites (tertiary alicyclic amines) is 2. The SMILES string of the molecule is CC.CCC(F)(F)F.CCC(F)(F)F.O=C(CCc1ncc(-c2ccc(-c3ccc(-c4cnc(CCC(=O)N5CCC(F)CC5)[nH]4)cc3)cc2)[nH]1)N1CCC(F)CC1. The van der Waals surface area contributed by atoms with Crippen molar-refractivity contribution < 1.29 is 44.7 Å². The Morgan fingerprint density at radius 3 is 1.14 bits per heavy atom. The third kappa shape index (κ3) is 16.2. The number of nitrogens with zero attached hydrogens (tertiary/aromatic N) is 4. The van der Waals surface area contributed by atoms with Crippen molar-refractivity contribution >= 4 is 11.8 Å². The fourth-order valence-electron chi connectivity index (χ4n) is 5.92. The van der Waals surface area contributed by atoms with E-state index < -0.39 is 37.5 Å². The number of imidazole rings is 2. The van der Waals surface area contributed by atoms with Crippen molar-refractivity contribution in [2.75, 3.05) is 26.2 Å². The molecule has 0 atom stereocenters. The van der Waals surface area contributed by atoms with Crippen LogP contribution in [0.25, 0.3) is 33.6 Å². The van der Waals surface area contributed by atoms with Crippen molar-refractivity contribution in [3.8, 4) is 33.6 Å². The Hall–Kier alpha value is -4.76. The molecule has 320 valence electrons. The predicted octanol–water partition coefficient (Wildman–Crippen LogP) is 10.9. The second kappa shape index (κ2) is 23.0. The van der Waals surface area contributed by atoms with Gasteiger partial charge in [-0.15, -0.1) is 0 Å². The number of benzene rings is 2. The molecular formula is C42H54F8N6O2. The van der Waals surface area contributed by atoms with Gasteiger partial charge in [0.25, 0.3) is 0 Å². The molecule has 2 aromatic heterocycles. The molecule has 16 heteroatoms. The zero-order valence-corrected chi connectivity index (χ0v) is 33.5. The zero-order valence-electron chi connectivity index (χ0n) is 33.5. The number of H-pyrrole nitrogens is 2. The number of aromatic nitrogens is 4. The van der Waals surface area contributed by atoms with Crippen LogP contribution in [0.5, 0.6) is 0 Å². The lowest BCUT2D eigenvalue weighted by Crippen LogP contribution is -2.39. The van der Waals surface area contributed by atoms with E-state index in [1.54, 1.807) is 22.2 Å². The van der Waals surface area contributed by atoms with Crippen LogP contribution in [0.3, 0.4) is 0 Å². The molecule has 0 unspecified atom stereocenters. The largest absolute Gasteiger partial charge is 0.388 e. The smallest absolute Gasteiger partial charge is 0.342 e. The van der Waals surface area contributed by atoms with Crippen molar-refractivity contribution in [3.63, 3.8) is 0 Å². The maximum Gasteiger partial charge on any atom is 0.388 e. The minimum Gasteiger partial charge on any atom is -0.342 e. The number of nitrogens with one attached hydrogen (secondary N) is 2. The first-order valence-corrected chi connectivity index (χ1v) is 19.8. The number of hydrogen-bond acceptors (Lipinski definition) is 4. The highest BCUT2D eigenvalue weighted by Crippen LogP contribution is 2.27. The van der Waals surface area contributed by atoms with E-state index >= 15 is 0 Å². The van der Waals surface area contributed by atoms with Crippen molar-refractivity contribution in [1.82, 2.24) is 29.7 Å². The predicted molar refractivity (Wildman–Crippen MR) is 209 cm³/mol. The molecule has 2 saturated heterocycles. The van der Waals surface area contributed by atoms with Crippen LogP contribution in [-0.4, -0.2) is 92.4 Å². The molecule has 6 rings (SSSR count). The van der Waals surface area contributed by atoms with Gasteiger partial charge in [-0.3, -0.25) is 9.59 Å². The first-order chi connectivity index (χ1) is 27.5. The normalized spacial score (nSPS) is 15.0. The summed E-state index contributed by atoms with van der Waals surface area (Å²) < 4.78 is 91.4. The Kier molecular flexibility index (Phi) is 18.9. The van der Waals surface area contributed by atoms with E-state index in [0.29, 0.717) is 77.5 Å². The van der Waals surface area contributed by atoms with Crippen LogP contribution in [0.15, 0.2) is 60.9 Å². The summed E-state index contributed by atoms with van der Waals surface area (Å²) in [6, 6.07) is 16.5. The molecule has 2 fully saturated rings. The number of aromatic amines is 2. The molecule has 2 N–H and O–H groups in total. The van der Waals surface area contributed by atoms with Crippen LogP contribution in [0, 0.1) is 0 Å². The molecule has 58 heavy (non-hydrogen) atoms. The van der Waals surface area contributed by atoms with Crippen LogP contribution < -0.4 is 0 Å². The van der Waals surface area contributed by atoms with Gasteiger partial charge in [0.05, 0.1) is 23.8 Å². The summed E-state index contributed by atoms with van der Waals surface area (Å²) in [7, 11) is 0. The summed E-state index contributed by atoms with van der Waals surface area (Å²) >= 11 is 0.